The number of carbonyl (C=O) groups excluding carboxylic acids is 1. The lowest BCUT2D eigenvalue weighted by Gasteiger charge is -2.36. The molecule has 1 fully saturated rings. The summed E-state index contributed by atoms with van der Waals surface area (Å²) in [6.45, 7) is 1.64. The van der Waals surface area contributed by atoms with Crippen LogP contribution in [-0.2, 0) is 21.9 Å². The number of nitrogens with one attached hydrogen (secondary N) is 2. The molecule has 0 aromatic carbocycles. The fraction of sp³-hybridized carbons (Fsp3) is 0.550. The number of rotatable bonds is 8. The zero-order valence-corrected chi connectivity index (χ0v) is 19.3. The van der Waals surface area contributed by atoms with E-state index in [1.165, 1.54) is 11.8 Å². The Labute approximate surface area is 205 Å². The molecule has 2 aromatic rings. The second kappa shape index (κ2) is 11.3. The van der Waals surface area contributed by atoms with Crippen molar-refractivity contribution in [2.75, 3.05) is 49.6 Å². The summed E-state index contributed by atoms with van der Waals surface area (Å²) >= 11 is 0. The zero-order chi connectivity index (χ0) is 27.4. The molecule has 1 saturated heterocycles. The second-order valence-corrected chi connectivity index (χ2v) is 8.15. The van der Waals surface area contributed by atoms with Gasteiger partial charge in [0.25, 0.3) is 11.5 Å². The summed E-state index contributed by atoms with van der Waals surface area (Å²) in [6.07, 6.45) is -8.62. The molecule has 37 heavy (non-hydrogen) atoms. The molecule has 3 heterocycles. The Kier molecular flexibility index (Phi) is 8.57. The number of aliphatic hydroxyl groups excluding tert-OH is 1. The van der Waals surface area contributed by atoms with Crippen LogP contribution >= 0.6 is 0 Å². The molecule has 1 amide bonds. The number of amides is 1. The number of ether oxygens (including phenoxy) is 1. The first-order valence-electron chi connectivity index (χ1n) is 10.9. The fourth-order valence-corrected chi connectivity index (χ4v) is 3.52. The molecule has 1 aliphatic rings. The highest BCUT2D eigenvalue weighted by atomic mass is 19.4. The highest BCUT2D eigenvalue weighted by molar-refractivity contribution is 5.81. The molecule has 0 unspecified atom stereocenters. The summed E-state index contributed by atoms with van der Waals surface area (Å²) in [5, 5.41) is 17.7. The smallest absolute Gasteiger partial charge is 0.381 e. The van der Waals surface area contributed by atoms with Crippen LogP contribution < -0.4 is 15.8 Å². The van der Waals surface area contributed by atoms with E-state index in [9.17, 15) is 41.0 Å². The number of anilines is 2. The summed E-state index contributed by atoms with van der Waals surface area (Å²) < 4.78 is 82.5. The van der Waals surface area contributed by atoms with Crippen LogP contribution in [0.15, 0.2) is 23.4 Å². The van der Waals surface area contributed by atoms with Gasteiger partial charge in [-0.3, -0.25) is 9.59 Å². The number of nitrogens with zero attached hydrogens (tertiary/aromatic N) is 5. The van der Waals surface area contributed by atoms with E-state index in [2.05, 4.69) is 20.4 Å². The minimum absolute atomic E-state index is 0.159. The van der Waals surface area contributed by atoms with Gasteiger partial charge in [0.05, 0.1) is 37.5 Å². The van der Waals surface area contributed by atoms with Crippen LogP contribution in [0.2, 0.25) is 0 Å². The number of aromatic nitrogens is 4. The number of alkyl halides is 6. The Balaban J connectivity index is 1.44. The normalized spacial score (nSPS) is 16.4. The third-order valence-electron chi connectivity index (χ3n) is 5.31. The summed E-state index contributed by atoms with van der Waals surface area (Å²) in [7, 11) is 0. The van der Waals surface area contributed by atoms with Gasteiger partial charge >= 0.3 is 12.4 Å². The van der Waals surface area contributed by atoms with E-state index < -0.39 is 59.5 Å². The fourth-order valence-electron chi connectivity index (χ4n) is 3.52. The van der Waals surface area contributed by atoms with E-state index in [-0.39, 0.29) is 38.6 Å². The van der Waals surface area contributed by atoms with E-state index in [4.69, 9.17) is 4.74 Å². The minimum atomic E-state index is -4.91. The van der Waals surface area contributed by atoms with Gasteiger partial charge in [-0.15, -0.1) is 0 Å². The number of halogens is 6. The van der Waals surface area contributed by atoms with E-state index in [0.29, 0.717) is 6.20 Å². The standard InChI is InChI=1S/C20H23F6N7O4/c1-11(30-12-6-29-31-17(35)16(12)20(24,25)26)9-37-10-13(34)18(36)33-4-2-32(3-5-33)15-8-27-14(7-28-15)19(21,22)23/h6-8,11,13,34H,2-5,9-10H2,1H3,(H2,30,31,35)/t11-,13-/m0/s1. The predicted molar refractivity (Wildman–Crippen MR) is 116 cm³/mol. The van der Waals surface area contributed by atoms with Crippen LogP contribution in [0.25, 0.3) is 0 Å². The van der Waals surface area contributed by atoms with Gasteiger partial charge < -0.3 is 25.0 Å². The molecule has 11 nitrogen and oxygen atoms in total. The molecule has 204 valence electrons. The third kappa shape index (κ3) is 7.28. The van der Waals surface area contributed by atoms with Crippen molar-refractivity contribution in [2.45, 2.75) is 31.4 Å². The van der Waals surface area contributed by atoms with Crippen molar-refractivity contribution in [2.24, 2.45) is 0 Å². The number of piperazine rings is 1. The third-order valence-corrected chi connectivity index (χ3v) is 5.31. The Morgan fingerprint density at radius 2 is 1.76 bits per heavy atom. The molecule has 2 aromatic heterocycles. The summed E-state index contributed by atoms with van der Waals surface area (Å²) in [5.74, 6) is -0.424. The van der Waals surface area contributed by atoms with Gasteiger partial charge in [-0.05, 0) is 6.92 Å². The lowest BCUT2D eigenvalue weighted by Crippen LogP contribution is -2.52. The van der Waals surface area contributed by atoms with Crippen LogP contribution in [0.5, 0.6) is 0 Å². The number of H-pyrrole nitrogens is 1. The quantitative estimate of drug-likeness (QED) is 0.422. The lowest BCUT2D eigenvalue weighted by molar-refractivity contribution is -0.144. The molecule has 3 N–H and O–H groups in total. The van der Waals surface area contributed by atoms with Crippen molar-refractivity contribution in [1.29, 1.82) is 0 Å². The number of aromatic amines is 1. The lowest BCUT2D eigenvalue weighted by atomic mass is 10.2. The van der Waals surface area contributed by atoms with Crippen molar-refractivity contribution in [1.82, 2.24) is 25.1 Å². The van der Waals surface area contributed by atoms with Crippen LogP contribution in [0, 0.1) is 0 Å². The van der Waals surface area contributed by atoms with E-state index in [0.717, 1.165) is 12.4 Å². The van der Waals surface area contributed by atoms with Gasteiger partial charge in [-0.25, -0.2) is 15.1 Å². The Bertz CT molecular complexity index is 1120. The van der Waals surface area contributed by atoms with E-state index in [1.807, 2.05) is 0 Å². The molecule has 17 heteroatoms. The van der Waals surface area contributed by atoms with E-state index in [1.54, 1.807) is 10.00 Å². The van der Waals surface area contributed by atoms with Crippen LogP contribution in [0.1, 0.15) is 18.2 Å². The van der Waals surface area contributed by atoms with Gasteiger partial charge in [0.15, 0.2) is 11.8 Å². The summed E-state index contributed by atoms with van der Waals surface area (Å²) in [4.78, 5) is 34.1. The average Bonchev–Trinajstić information content (AvgIpc) is 2.82. The van der Waals surface area contributed by atoms with Crippen molar-refractivity contribution < 1.29 is 41.0 Å². The molecule has 0 spiro atoms. The van der Waals surface area contributed by atoms with Gasteiger partial charge in [-0.2, -0.15) is 31.4 Å². The maximum atomic E-state index is 13.1. The summed E-state index contributed by atoms with van der Waals surface area (Å²) in [5.41, 5.74) is -4.50. The zero-order valence-electron chi connectivity index (χ0n) is 19.3. The molecule has 0 radical (unpaired) electrons. The summed E-state index contributed by atoms with van der Waals surface area (Å²) in [6, 6.07) is -0.736. The van der Waals surface area contributed by atoms with Crippen molar-refractivity contribution >= 4 is 17.4 Å². The maximum Gasteiger partial charge on any atom is 0.434 e. The molecule has 2 atom stereocenters. The largest absolute Gasteiger partial charge is 0.434 e. The van der Waals surface area contributed by atoms with Gasteiger partial charge in [0.2, 0.25) is 0 Å². The monoisotopic (exact) mass is 539 g/mol. The number of aliphatic hydroxyl groups is 1. The average molecular weight is 539 g/mol. The molecular weight excluding hydrogens is 516 g/mol. The van der Waals surface area contributed by atoms with Crippen molar-refractivity contribution in [3.8, 4) is 0 Å². The Morgan fingerprint density at radius 3 is 2.32 bits per heavy atom. The predicted octanol–water partition coefficient (Wildman–Crippen LogP) is 1.12. The molecular formula is C20H23F6N7O4. The maximum absolute atomic E-state index is 13.1. The van der Waals surface area contributed by atoms with Gasteiger partial charge in [0.1, 0.15) is 11.4 Å². The minimum Gasteiger partial charge on any atom is -0.381 e. The van der Waals surface area contributed by atoms with Crippen LogP contribution in [-0.4, -0.2) is 87.6 Å². The van der Waals surface area contributed by atoms with Crippen LogP contribution in [0.4, 0.5) is 37.8 Å². The molecule has 1 aliphatic heterocycles. The van der Waals surface area contributed by atoms with Crippen molar-refractivity contribution in [3.63, 3.8) is 0 Å². The van der Waals surface area contributed by atoms with Gasteiger partial charge in [-0.1, -0.05) is 0 Å². The first-order valence-corrected chi connectivity index (χ1v) is 10.9. The second-order valence-electron chi connectivity index (χ2n) is 8.15. The molecule has 0 aliphatic carbocycles. The SMILES string of the molecule is C[C@@H](COC[C@H](O)C(=O)N1CCN(c2cnc(C(F)(F)F)cn2)CC1)Nc1cn[nH]c(=O)c1C(F)(F)F. The first kappa shape index (κ1) is 28.1. The molecule has 3 rings (SSSR count). The first-order chi connectivity index (χ1) is 17.3. The number of hydrogen-bond acceptors (Lipinski definition) is 9. The van der Waals surface area contributed by atoms with E-state index >= 15 is 0 Å². The van der Waals surface area contributed by atoms with Crippen molar-refractivity contribution in [3.05, 3.63) is 40.2 Å². The topological polar surface area (TPSA) is 137 Å². The highest BCUT2D eigenvalue weighted by Crippen LogP contribution is 2.31. The highest BCUT2D eigenvalue weighted by Gasteiger charge is 2.37. The Hall–Kier alpha value is -3.47. The molecule has 0 saturated carbocycles. The van der Waals surface area contributed by atoms with Gasteiger partial charge in [0, 0.05) is 32.2 Å². The Morgan fingerprint density at radius 1 is 1.08 bits per heavy atom. The number of hydrogen-bond donors (Lipinski definition) is 3. The van der Waals surface area contributed by atoms with Crippen LogP contribution in [0.3, 0.4) is 0 Å². The number of carbonyl (C=O) groups is 1. The molecule has 0 bridgehead atoms.